The minimum atomic E-state index is -0.168. The third kappa shape index (κ3) is 4.12. The molecule has 0 radical (unpaired) electrons. The van der Waals surface area contributed by atoms with Gasteiger partial charge >= 0.3 is 0 Å². The van der Waals surface area contributed by atoms with Crippen molar-refractivity contribution in [3.05, 3.63) is 41.2 Å². The first-order valence-corrected chi connectivity index (χ1v) is 7.96. The molecule has 2 rings (SSSR count). The maximum atomic E-state index is 12.3. The number of nitrogens with zero attached hydrogens (tertiary/aromatic N) is 2. The van der Waals surface area contributed by atoms with E-state index < -0.39 is 0 Å². The zero-order valence-electron chi connectivity index (χ0n) is 14.5. The van der Waals surface area contributed by atoms with E-state index in [0.717, 1.165) is 22.8 Å². The van der Waals surface area contributed by atoms with Crippen LogP contribution in [0.1, 0.15) is 30.8 Å². The quantitative estimate of drug-likeness (QED) is 0.888. The van der Waals surface area contributed by atoms with Crippen LogP contribution in [-0.2, 0) is 11.3 Å². The van der Waals surface area contributed by atoms with E-state index in [2.05, 4.69) is 17.3 Å². The Bertz CT molecular complexity index is 674. The summed E-state index contributed by atoms with van der Waals surface area (Å²) in [6.45, 7) is 11.1. The molecule has 0 aliphatic rings. The first-order chi connectivity index (χ1) is 10.9. The molecule has 5 nitrogen and oxygen atoms in total. The molecule has 1 atom stereocenters. The number of anilines is 1. The Labute approximate surface area is 137 Å². The molecule has 1 aromatic heterocycles. The number of ether oxygens (including phenoxy) is 1. The van der Waals surface area contributed by atoms with E-state index in [4.69, 9.17) is 4.74 Å². The number of carbonyl (C=O) groups is 1. The van der Waals surface area contributed by atoms with Gasteiger partial charge in [0.1, 0.15) is 5.75 Å². The zero-order chi connectivity index (χ0) is 17.0. The zero-order valence-corrected chi connectivity index (χ0v) is 14.5. The number of amides is 1. The van der Waals surface area contributed by atoms with Crippen molar-refractivity contribution in [2.75, 3.05) is 11.9 Å². The topological polar surface area (TPSA) is 56.1 Å². The van der Waals surface area contributed by atoms with E-state index in [-0.39, 0.29) is 11.8 Å². The van der Waals surface area contributed by atoms with Crippen LogP contribution in [0.5, 0.6) is 5.75 Å². The third-order valence-electron chi connectivity index (χ3n) is 4.07. The van der Waals surface area contributed by atoms with Gasteiger partial charge in [-0.05, 0) is 57.5 Å². The van der Waals surface area contributed by atoms with Gasteiger partial charge in [0.25, 0.3) is 0 Å². The highest BCUT2D eigenvalue weighted by Gasteiger charge is 2.16. The van der Waals surface area contributed by atoms with Crippen molar-refractivity contribution in [2.24, 2.45) is 5.92 Å². The Balaban J connectivity index is 1.98. The predicted octanol–water partition coefficient (Wildman–Crippen LogP) is 3.48. The van der Waals surface area contributed by atoms with Crippen molar-refractivity contribution < 1.29 is 9.53 Å². The van der Waals surface area contributed by atoms with Crippen LogP contribution in [-0.4, -0.2) is 22.3 Å². The smallest absolute Gasteiger partial charge is 0.229 e. The second-order valence-corrected chi connectivity index (χ2v) is 5.83. The molecule has 0 unspecified atom stereocenters. The van der Waals surface area contributed by atoms with Crippen molar-refractivity contribution in [1.29, 1.82) is 0 Å². The summed E-state index contributed by atoms with van der Waals surface area (Å²) in [6.07, 6.45) is 0. The minimum Gasteiger partial charge on any atom is -0.494 e. The molecule has 1 N–H and O–H groups in total. The molecule has 1 amide bonds. The van der Waals surface area contributed by atoms with Crippen LogP contribution in [0.4, 0.5) is 5.69 Å². The first kappa shape index (κ1) is 17.1. The second-order valence-electron chi connectivity index (χ2n) is 5.83. The van der Waals surface area contributed by atoms with Gasteiger partial charge in [0.15, 0.2) is 0 Å². The van der Waals surface area contributed by atoms with Crippen molar-refractivity contribution in [3.8, 4) is 5.75 Å². The number of hydrogen-bond donors (Lipinski definition) is 1. The first-order valence-electron chi connectivity index (χ1n) is 7.96. The Hall–Kier alpha value is -2.30. The van der Waals surface area contributed by atoms with Crippen molar-refractivity contribution in [1.82, 2.24) is 9.78 Å². The summed E-state index contributed by atoms with van der Waals surface area (Å²) in [7, 11) is 0. The number of rotatable bonds is 6. The van der Waals surface area contributed by atoms with Gasteiger partial charge in [-0.3, -0.25) is 9.48 Å². The Morgan fingerprint density at radius 3 is 2.43 bits per heavy atom. The van der Waals surface area contributed by atoms with Gasteiger partial charge in [0.05, 0.1) is 24.8 Å². The lowest BCUT2D eigenvalue weighted by atomic mass is 10.1. The fourth-order valence-electron chi connectivity index (χ4n) is 2.37. The van der Waals surface area contributed by atoms with Crippen LogP contribution in [0.25, 0.3) is 0 Å². The molecule has 1 aromatic carbocycles. The lowest BCUT2D eigenvalue weighted by Gasteiger charge is -2.14. The average Bonchev–Trinajstić information content (AvgIpc) is 2.76. The van der Waals surface area contributed by atoms with Crippen LogP contribution in [0.15, 0.2) is 24.3 Å². The van der Waals surface area contributed by atoms with Gasteiger partial charge in [-0.1, -0.05) is 6.92 Å². The van der Waals surface area contributed by atoms with Gasteiger partial charge in [-0.25, -0.2) is 0 Å². The minimum absolute atomic E-state index is 0.0145. The number of carbonyl (C=O) groups excluding carboxylic acids is 1. The molecule has 0 bridgehead atoms. The number of aryl methyl sites for hydroxylation is 1. The summed E-state index contributed by atoms with van der Waals surface area (Å²) < 4.78 is 7.30. The molecule has 0 aliphatic heterocycles. The fourth-order valence-corrected chi connectivity index (χ4v) is 2.37. The molecule has 23 heavy (non-hydrogen) atoms. The van der Waals surface area contributed by atoms with E-state index >= 15 is 0 Å². The molecule has 0 spiro atoms. The number of aromatic nitrogens is 2. The van der Waals surface area contributed by atoms with Gasteiger partial charge in [-0.2, -0.15) is 5.10 Å². The normalized spacial score (nSPS) is 12.0. The van der Waals surface area contributed by atoms with Crippen LogP contribution < -0.4 is 10.1 Å². The summed E-state index contributed by atoms with van der Waals surface area (Å²) >= 11 is 0. The van der Waals surface area contributed by atoms with E-state index in [0.29, 0.717) is 13.2 Å². The van der Waals surface area contributed by atoms with Gasteiger partial charge < -0.3 is 10.1 Å². The highest BCUT2D eigenvalue weighted by Crippen LogP contribution is 2.17. The molecule has 0 saturated heterocycles. The average molecular weight is 315 g/mol. The largest absolute Gasteiger partial charge is 0.494 e. The van der Waals surface area contributed by atoms with E-state index in [1.807, 2.05) is 56.6 Å². The van der Waals surface area contributed by atoms with Crippen LogP contribution in [0.2, 0.25) is 0 Å². The van der Waals surface area contributed by atoms with E-state index in [9.17, 15) is 4.79 Å². The molecular weight excluding hydrogens is 290 g/mol. The molecule has 0 fully saturated rings. The highest BCUT2D eigenvalue weighted by atomic mass is 16.5. The summed E-state index contributed by atoms with van der Waals surface area (Å²) in [5.74, 6) is 0.620. The number of hydrogen-bond acceptors (Lipinski definition) is 3. The summed E-state index contributed by atoms with van der Waals surface area (Å²) in [5.41, 5.74) is 4.09. The van der Waals surface area contributed by atoms with Crippen LogP contribution >= 0.6 is 0 Å². The summed E-state index contributed by atoms with van der Waals surface area (Å²) in [5, 5.41) is 7.43. The molecular formula is C18H25N3O2. The Morgan fingerprint density at radius 1 is 1.26 bits per heavy atom. The molecule has 2 aromatic rings. The van der Waals surface area contributed by atoms with Crippen LogP contribution in [0, 0.1) is 26.7 Å². The van der Waals surface area contributed by atoms with Gasteiger partial charge in [-0.15, -0.1) is 0 Å². The van der Waals surface area contributed by atoms with Crippen molar-refractivity contribution in [2.45, 2.75) is 41.2 Å². The highest BCUT2D eigenvalue weighted by molar-refractivity contribution is 5.92. The standard InChI is InChI=1S/C18H25N3O2/c1-6-23-17-9-7-16(8-10-17)19-18(22)12(2)11-21-15(5)13(3)14(4)20-21/h7-10,12H,6,11H2,1-5H3,(H,19,22)/t12-/m0/s1. The second kappa shape index (κ2) is 7.31. The predicted molar refractivity (Wildman–Crippen MR) is 91.8 cm³/mol. The van der Waals surface area contributed by atoms with E-state index in [1.54, 1.807) is 0 Å². The monoisotopic (exact) mass is 315 g/mol. The molecule has 5 heteroatoms. The fraction of sp³-hybridized carbons (Fsp3) is 0.444. The van der Waals surface area contributed by atoms with Gasteiger partial charge in [0.2, 0.25) is 5.91 Å². The number of benzene rings is 1. The molecule has 1 heterocycles. The molecule has 0 aliphatic carbocycles. The number of nitrogens with one attached hydrogen (secondary N) is 1. The van der Waals surface area contributed by atoms with Crippen molar-refractivity contribution in [3.63, 3.8) is 0 Å². The van der Waals surface area contributed by atoms with E-state index in [1.165, 1.54) is 5.56 Å². The lowest BCUT2D eigenvalue weighted by molar-refractivity contribution is -0.119. The maximum absolute atomic E-state index is 12.3. The maximum Gasteiger partial charge on any atom is 0.229 e. The van der Waals surface area contributed by atoms with Crippen molar-refractivity contribution >= 4 is 11.6 Å². The third-order valence-corrected chi connectivity index (χ3v) is 4.07. The molecule has 124 valence electrons. The molecule has 0 saturated carbocycles. The lowest BCUT2D eigenvalue weighted by Crippen LogP contribution is -2.25. The van der Waals surface area contributed by atoms with Crippen LogP contribution in [0.3, 0.4) is 0 Å². The Kier molecular flexibility index (Phi) is 5.42. The SMILES string of the molecule is CCOc1ccc(NC(=O)[C@@H](C)Cn2nc(C)c(C)c2C)cc1. The van der Waals surface area contributed by atoms with Gasteiger partial charge in [0, 0.05) is 11.4 Å². The Morgan fingerprint density at radius 2 is 1.91 bits per heavy atom. The summed E-state index contributed by atoms with van der Waals surface area (Å²) in [6, 6.07) is 7.41. The summed E-state index contributed by atoms with van der Waals surface area (Å²) in [4.78, 5) is 12.3.